The summed E-state index contributed by atoms with van der Waals surface area (Å²) in [5.41, 5.74) is 0. The van der Waals surface area contributed by atoms with Gasteiger partial charge >= 0.3 is 5.97 Å². The number of rotatable bonds is 2. The van der Waals surface area contributed by atoms with Crippen molar-refractivity contribution >= 4 is 5.97 Å². The number of carbonyl (C=O) groups excluding carboxylic acids is 1. The predicted octanol–water partition coefficient (Wildman–Crippen LogP) is -0.0979. The van der Waals surface area contributed by atoms with Crippen LogP contribution in [0, 0.1) is 5.92 Å². The molecule has 86 valence electrons. The molecule has 1 N–H and O–H groups in total. The van der Waals surface area contributed by atoms with Crippen molar-refractivity contribution in [2.75, 3.05) is 32.9 Å². The molecule has 1 spiro atoms. The highest BCUT2D eigenvalue weighted by molar-refractivity contribution is 5.74. The van der Waals surface area contributed by atoms with Crippen molar-refractivity contribution < 1.29 is 19.0 Å². The molecule has 1 unspecified atom stereocenters. The molecule has 0 amide bonds. The van der Waals surface area contributed by atoms with Crippen LogP contribution in [0.25, 0.3) is 0 Å². The highest BCUT2D eigenvalue weighted by Gasteiger charge is 2.50. The third kappa shape index (κ3) is 2.00. The van der Waals surface area contributed by atoms with Crippen LogP contribution in [0.5, 0.6) is 0 Å². The lowest BCUT2D eigenvalue weighted by Gasteiger charge is -2.37. The smallest absolute Gasteiger partial charge is 0.315 e. The van der Waals surface area contributed by atoms with Gasteiger partial charge < -0.3 is 19.5 Å². The van der Waals surface area contributed by atoms with Gasteiger partial charge in [0.05, 0.1) is 19.8 Å². The van der Waals surface area contributed by atoms with Crippen LogP contribution < -0.4 is 5.32 Å². The van der Waals surface area contributed by atoms with Gasteiger partial charge in [-0.1, -0.05) is 0 Å². The van der Waals surface area contributed by atoms with E-state index in [-0.39, 0.29) is 11.9 Å². The Morgan fingerprint density at radius 2 is 2.27 bits per heavy atom. The van der Waals surface area contributed by atoms with Crippen LogP contribution in [0.1, 0.15) is 13.3 Å². The molecule has 0 aromatic carbocycles. The largest absolute Gasteiger partial charge is 0.466 e. The van der Waals surface area contributed by atoms with Gasteiger partial charge in [0, 0.05) is 19.5 Å². The zero-order valence-electron chi connectivity index (χ0n) is 8.95. The highest BCUT2D eigenvalue weighted by atomic mass is 16.7. The minimum absolute atomic E-state index is 0.230. The number of nitrogens with one attached hydrogen (secondary N) is 1. The first-order valence-electron chi connectivity index (χ1n) is 5.44. The molecule has 2 heterocycles. The Balaban J connectivity index is 2.08. The van der Waals surface area contributed by atoms with E-state index < -0.39 is 5.79 Å². The van der Waals surface area contributed by atoms with Gasteiger partial charge in [0.15, 0.2) is 5.79 Å². The molecule has 0 aliphatic carbocycles. The molecule has 0 aromatic rings. The molecule has 2 aliphatic rings. The number of hydrogen-bond donors (Lipinski definition) is 1. The van der Waals surface area contributed by atoms with Crippen molar-refractivity contribution in [1.82, 2.24) is 5.32 Å². The van der Waals surface area contributed by atoms with E-state index >= 15 is 0 Å². The van der Waals surface area contributed by atoms with Gasteiger partial charge in [-0.05, 0) is 6.92 Å². The monoisotopic (exact) mass is 215 g/mol. The van der Waals surface area contributed by atoms with Gasteiger partial charge in [-0.15, -0.1) is 0 Å². The molecule has 5 nitrogen and oxygen atoms in total. The lowest BCUT2D eigenvalue weighted by Crippen LogP contribution is -2.54. The number of carbonyl (C=O) groups is 1. The van der Waals surface area contributed by atoms with Crippen molar-refractivity contribution in [2.45, 2.75) is 19.1 Å². The first-order chi connectivity index (χ1) is 7.28. The van der Waals surface area contributed by atoms with Gasteiger partial charge in [0.2, 0.25) is 0 Å². The first kappa shape index (κ1) is 10.9. The fraction of sp³-hybridized carbons (Fsp3) is 0.900. The fourth-order valence-corrected chi connectivity index (χ4v) is 2.16. The van der Waals surface area contributed by atoms with Crippen LogP contribution >= 0.6 is 0 Å². The molecule has 0 radical (unpaired) electrons. The fourth-order valence-electron chi connectivity index (χ4n) is 2.16. The summed E-state index contributed by atoms with van der Waals surface area (Å²) in [6.07, 6.45) is 0.705. The molecule has 15 heavy (non-hydrogen) atoms. The molecule has 0 saturated carbocycles. The van der Waals surface area contributed by atoms with Crippen molar-refractivity contribution in [1.29, 1.82) is 0 Å². The predicted molar refractivity (Wildman–Crippen MR) is 52.2 cm³/mol. The summed E-state index contributed by atoms with van der Waals surface area (Å²) >= 11 is 0. The van der Waals surface area contributed by atoms with E-state index in [1.54, 1.807) is 6.92 Å². The average molecular weight is 215 g/mol. The molecule has 2 rings (SSSR count). The van der Waals surface area contributed by atoms with Crippen LogP contribution in [0.2, 0.25) is 0 Å². The number of piperidine rings is 1. The van der Waals surface area contributed by atoms with E-state index in [0.717, 1.165) is 6.54 Å². The molecule has 1 atom stereocenters. The SMILES string of the molecule is CCOC(=O)C1CNCCC12OCCO2. The Morgan fingerprint density at radius 1 is 1.53 bits per heavy atom. The summed E-state index contributed by atoms with van der Waals surface area (Å²) in [5, 5.41) is 3.16. The second-order valence-electron chi connectivity index (χ2n) is 3.77. The van der Waals surface area contributed by atoms with E-state index in [0.29, 0.717) is 32.8 Å². The average Bonchev–Trinajstić information content (AvgIpc) is 2.68. The van der Waals surface area contributed by atoms with Gasteiger partial charge in [-0.25, -0.2) is 0 Å². The summed E-state index contributed by atoms with van der Waals surface area (Å²) in [5.74, 6) is -1.29. The molecule has 0 bridgehead atoms. The molecule has 0 aromatic heterocycles. The normalized spacial score (nSPS) is 29.3. The van der Waals surface area contributed by atoms with Crippen LogP contribution in [0.3, 0.4) is 0 Å². The van der Waals surface area contributed by atoms with Gasteiger partial charge in [-0.3, -0.25) is 4.79 Å². The molecular formula is C10H17NO4. The highest BCUT2D eigenvalue weighted by Crippen LogP contribution is 2.34. The zero-order valence-corrected chi connectivity index (χ0v) is 8.95. The van der Waals surface area contributed by atoms with Crippen LogP contribution in [-0.4, -0.2) is 44.7 Å². The number of esters is 1. The zero-order chi connectivity index (χ0) is 10.7. The van der Waals surface area contributed by atoms with Crippen LogP contribution in [0.4, 0.5) is 0 Å². The van der Waals surface area contributed by atoms with Gasteiger partial charge in [0.25, 0.3) is 0 Å². The molecule has 2 aliphatic heterocycles. The Morgan fingerprint density at radius 3 is 2.93 bits per heavy atom. The van der Waals surface area contributed by atoms with E-state index in [2.05, 4.69) is 5.32 Å². The summed E-state index contributed by atoms with van der Waals surface area (Å²) < 4.78 is 16.2. The molecule has 2 fully saturated rings. The maximum absolute atomic E-state index is 11.7. The van der Waals surface area contributed by atoms with E-state index in [4.69, 9.17) is 14.2 Å². The molecule has 5 heteroatoms. The van der Waals surface area contributed by atoms with Crippen molar-refractivity contribution in [3.8, 4) is 0 Å². The Bertz CT molecular complexity index is 238. The Kier molecular flexibility index (Phi) is 3.23. The van der Waals surface area contributed by atoms with Crippen molar-refractivity contribution in [3.05, 3.63) is 0 Å². The second-order valence-corrected chi connectivity index (χ2v) is 3.77. The van der Waals surface area contributed by atoms with E-state index in [9.17, 15) is 4.79 Å². The lowest BCUT2D eigenvalue weighted by molar-refractivity contribution is -0.217. The quantitative estimate of drug-likeness (QED) is 0.652. The maximum Gasteiger partial charge on any atom is 0.315 e. The second kappa shape index (κ2) is 4.47. The standard InChI is InChI=1S/C10H17NO4/c1-2-13-9(12)8-7-11-4-3-10(8)14-5-6-15-10/h8,11H,2-7H2,1H3. The summed E-state index contributed by atoms with van der Waals surface area (Å²) in [4.78, 5) is 11.7. The number of hydrogen-bond acceptors (Lipinski definition) is 5. The minimum atomic E-state index is -0.725. The van der Waals surface area contributed by atoms with E-state index in [1.807, 2.05) is 0 Å². The van der Waals surface area contributed by atoms with Crippen LogP contribution in [0.15, 0.2) is 0 Å². The van der Waals surface area contributed by atoms with Crippen molar-refractivity contribution in [3.63, 3.8) is 0 Å². The molecular weight excluding hydrogens is 198 g/mol. The van der Waals surface area contributed by atoms with Crippen molar-refractivity contribution in [2.24, 2.45) is 5.92 Å². The maximum atomic E-state index is 11.7. The van der Waals surface area contributed by atoms with Crippen LogP contribution in [-0.2, 0) is 19.0 Å². The van der Waals surface area contributed by atoms with Gasteiger partial charge in [-0.2, -0.15) is 0 Å². The Hall–Kier alpha value is -0.650. The van der Waals surface area contributed by atoms with E-state index in [1.165, 1.54) is 0 Å². The Labute approximate surface area is 89.1 Å². The summed E-state index contributed by atoms with van der Waals surface area (Å²) in [7, 11) is 0. The minimum Gasteiger partial charge on any atom is -0.466 e. The molecule has 2 saturated heterocycles. The topological polar surface area (TPSA) is 56.8 Å². The third-order valence-corrected chi connectivity index (χ3v) is 2.88. The van der Waals surface area contributed by atoms with Gasteiger partial charge in [0.1, 0.15) is 5.92 Å². The lowest BCUT2D eigenvalue weighted by atomic mass is 9.92. The number of ether oxygens (including phenoxy) is 3. The third-order valence-electron chi connectivity index (χ3n) is 2.88. The first-order valence-corrected chi connectivity index (χ1v) is 5.44. The summed E-state index contributed by atoms with van der Waals surface area (Å²) in [6, 6.07) is 0. The summed E-state index contributed by atoms with van der Waals surface area (Å²) in [6.45, 7) is 4.71.